The number of nitro groups is 1. The van der Waals surface area contributed by atoms with Gasteiger partial charge in [0.2, 0.25) is 0 Å². The summed E-state index contributed by atoms with van der Waals surface area (Å²) in [7, 11) is 0. The fourth-order valence-electron chi connectivity index (χ4n) is 2.76. The maximum Gasteiger partial charge on any atom is 0.298 e. The number of nitrogens with zero attached hydrogens (tertiary/aromatic N) is 3. The zero-order chi connectivity index (χ0) is 14.8. The van der Waals surface area contributed by atoms with Gasteiger partial charge in [-0.15, -0.1) is 0 Å². The van der Waals surface area contributed by atoms with Crippen LogP contribution < -0.4 is 5.32 Å². The quantitative estimate of drug-likeness (QED) is 0.672. The van der Waals surface area contributed by atoms with Gasteiger partial charge in [0.1, 0.15) is 0 Å². The number of para-hydroxylation sites is 1. The normalized spacial score (nSPS) is 19.2. The Bertz CT molecular complexity index is 655. The number of aromatic nitrogens is 1. The molecule has 0 amide bonds. The lowest BCUT2D eigenvalue weighted by molar-refractivity contribution is -0.383. The van der Waals surface area contributed by atoms with Crippen LogP contribution in [0.1, 0.15) is 13.3 Å². The van der Waals surface area contributed by atoms with Gasteiger partial charge >= 0.3 is 0 Å². The Labute approximate surface area is 122 Å². The van der Waals surface area contributed by atoms with E-state index in [0.717, 1.165) is 32.6 Å². The van der Waals surface area contributed by atoms with Gasteiger partial charge in [0.25, 0.3) is 11.7 Å². The third kappa shape index (κ3) is 2.82. The van der Waals surface area contributed by atoms with Crippen molar-refractivity contribution in [2.45, 2.75) is 13.3 Å². The minimum atomic E-state index is -0.440. The van der Waals surface area contributed by atoms with E-state index in [2.05, 4.69) is 22.1 Å². The van der Waals surface area contributed by atoms with Gasteiger partial charge in [-0.05, 0) is 31.5 Å². The molecule has 7 nitrogen and oxygen atoms in total. The van der Waals surface area contributed by atoms with Crippen LogP contribution in [0.3, 0.4) is 0 Å². The van der Waals surface area contributed by atoms with Crippen LogP contribution >= 0.6 is 0 Å². The Hall–Kier alpha value is -2.15. The summed E-state index contributed by atoms with van der Waals surface area (Å²) in [6.07, 6.45) is 1.15. The summed E-state index contributed by atoms with van der Waals surface area (Å²) in [6.45, 7) is 6.21. The predicted molar refractivity (Wildman–Crippen MR) is 79.4 cm³/mol. The Kier molecular flexibility index (Phi) is 3.74. The number of fused-ring (bicyclic) bond motifs is 1. The molecule has 1 N–H and O–H groups in total. The fourth-order valence-corrected chi connectivity index (χ4v) is 2.76. The Morgan fingerprint density at radius 1 is 1.57 bits per heavy atom. The van der Waals surface area contributed by atoms with Crippen LogP contribution in [-0.2, 0) is 0 Å². The summed E-state index contributed by atoms with van der Waals surface area (Å²) >= 11 is 0. The van der Waals surface area contributed by atoms with Crippen molar-refractivity contribution in [3.8, 4) is 0 Å². The van der Waals surface area contributed by atoms with E-state index >= 15 is 0 Å². The van der Waals surface area contributed by atoms with Crippen molar-refractivity contribution < 1.29 is 9.34 Å². The van der Waals surface area contributed by atoms with E-state index in [4.69, 9.17) is 4.42 Å². The standard InChI is InChI=1S/C14H18N4O3/c1-2-17-7-6-10(9-17)8-15-14-16-13-11(18(19)20)4-3-5-12(13)21-14/h3-5,10H,2,6-9H2,1H3,(H,15,16). The van der Waals surface area contributed by atoms with Gasteiger partial charge in [0.05, 0.1) is 4.92 Å². The molecule has 0 spiro atoms. The summed E-state index contributed by atoms with van der Waals surface area (Å²) in [5, 5.41) is 14.1. The van der Waals surface area contributed by atoms with Gasteiger partial charge < -0.3 is 14.6 Å². The lowest BCUT2D eigenvalue weighted by Gasteiger charge is -2.12. The van der Waals surface area contributed by atoms with Crippen molar-refractivity contribution in [3.05, 3.63) is 28.3 Å². The smallest absolute Gasteiger partial charge is 0.298 e. The molecule has 0 radical (unpaired) electrons. The van der Waals surface area contributed by atoms with Crippen molar-refractivity contribution in [1.29, 1.82) is 0 Å². The second kappa shape index (κ2) is 5.69. The molecule has 2 aromatic rings. The maximum atomic E-state index is 11.0. The largest absolute Gasteiger partial charge is 0.423 e. The first-order valence-corrected chi connectivity index (χ1v) is 7.17. The molecule has 1 aromatic heterocycles. The third-order valence-electron chi connectivity index (χ3n) is 3.95. The van der Waals surface area contributed by atoms with E-state index in [1.54, 1.807) is 12.1 Å². The first-order valence-electron chi connectivity index (χ1n) is 7.17. The molecule has 0 bridgehead atoms. The van der Waals surface area contributed by atoms with Crippen LogP contribution in [0.4, 0.5) is 11.7 Å². The van der Waals surface area contributed by atoms with Gasteiger partial charge in [0.15, 0.2) is 11.1 Å². The van der Waals surface area contributed by atoms with E-state index in [1.165, 1.54) is 6.07 Å². The first kappa shape index (κ1) is 13.8. The maximum absolute atomic E-state index is 11.0. The number of hydrogen-bond donors (Lipinski definition) is 1. The molecule has 1 saturated heterocycles. The monoisotopic (exact) mass is 290 g/mol. The molecule has 0 aliphatic carbocycles. The zero-order valence-electron chi connectivity index (χ0n) is 11.9. The molecule has 1 atom stereocenters. The van der Waals surface area contributed by atoms with Crippen molar-refractivity contribution >= 4 is 22.8 Å². The summed E-state index contributed by atoms with van der Waals surface area (Å²) in [5.41, 5.74) is 0.710. The van der Waals surface area contributed by atoms with Gasteiger partial charge in [-0.2, -0.15) is 4.98 Å². The third-order valence-corrected chi connectivity index (χ3v) is 3.95. The van der Waals surface area contributed by atoms with Crippen LogP contribution in [0.5, 0.6) is 0 Å². The number of hydrogen-bond acceptors (Lipinski definition) is 6. The minimum absolute atomic E-state index is 0.0256. The molecule has 1 aromatic carbocycles. The average Bonchev–Trinajstić information content (AvgIpc) is 3.10. The number of likely N-dealkylation sites (tertiary alicyclic amines) is 1. The van der Waals surface area contributed by atoms with Crippen LogP contribution in [0.15, 0.2) is 22.6 Å². The second-order valence-corrected chi connectivity index (χ2v) is 5.33. The van der Waals surface area contributed by atoms with Crippen molar-refractivity contribution in [2.24, 2.45) is 5.92 Å². The topological polar surface area (TPSA) is 84.4 Å². The molecular formula is C14H18N4O3. The zero-order valence-corrected chi connectivity index (χ0v) is 11.9. The average molecular weight is 290 g/mol. The fraction of sp³-hybridized carbons (Fsp3) is 0.500. The van der Waals surface area contributed by atoms with Crippen LogP contribution in [-0.4, -0.2) is 41.0 Å². The number of rotatable bonds is 5. The number of oxazole rings is 1. The van der Waals surface area contributed by atoms with E-state index in [0.29, 0.717) is 23.0 Å². The van der Waals surface area contributed by atoms with Gasteiger partial charge in [0, 0.05) is 19.2 Å². The predicted octanol–water partition coefficient (Wildman–Crippen LogP) is 2.49. The van der Waals surface area contributed by atoms with E-state index < -0.39 is 4.92 Å². The Morgan fingerprint density at radius 2 is 2.43 bits per heavy atom. The van der Waals surface area contributed by atoms with Crippen LogP contribution in [0.25, 0.3) is 11.1 Å². The summed E-state index contributed by atoms with van der Waals surface area (Å²) < 4.78 is 5.53. The Morgan fingerprint density at radius 3 is 3.14 bits per heavy atom. The first-order chi connectivity index (χ1) is 10.2. The molecule has 1 aliphatic heterocycles. The molecular weight excluding hydrogens is 272 g/mol. The molecule has 0 saturated carbocycles. The molecule has 1 fully saturated rings. The summed E-state index contributed by atoms with van der Waals surface area (Å²) in [5.74, 6) is 0.565. The van der Waals surface area contributed by atoms with Crippen molar-refractivity contribution in [3.63, 3.8) is 0 Å². The molecule has 1 aliphatic rings. The molecule has 7 heteroatoms. The van der Waals surface area contributed by atoms with Crippen molar-refractivity contribution in [1.82, 2.24) is 9.88 Å². The molecule has 2 heterocycles. The lowest BCUT2D eigenvalue weighted by atomic mass is 10.1. The highest BCUT2D eigenvalue weighted by Crippen LogP contribution is 2.27. The van der Waals surface area contributed by atoms with Gasteiger partial charge in [-0.1, -0.05) is 13.0 Å². The lowest BCUT2D eigenvalue weighted by Crippen LogP contribution is -2.22. The van der Waals surface area contributed by atoms with E-state index in [1.807, 2.05) is 0 Å². The van der Waals surface area contributed by atoms with Gasteiger partial charge in [-0.25, -0.2) is 0 Å². The molecule has 21 heavy (non-hydrogen) atoms. The van der Waals surface area contributed by atoms with E-state index in [9.17, 15) is 10.1 Å². The number of benzene rings is 1. The highest BCUT2D eigenvalue weighted by molar-refractivity contribution is 5.83. The molecule has 112 valence electrons. The van der Waals surface area contributed by atoms with Gasteiger partial charge in [-0.3, -0.25) is 10.1 Å². The highest BCUT2D eigenvalue weighted by Gasteiger charge is 2.22. The van der Waals surface area contributed by atoms with Crippen molar-refractivity contribution in [2.75, 3.05) is 31.5 Å². The summed E-state index contributed by atoms with van der Waals surface area (Å²) in [4.78, 5) is 17.1. The highest BCUT2D eigenvalue weighted by atomic mass is 16.6. The molecule has 3 rings (SSSR count). The minimum Gasteiger partial charge on any atom is -0.423 e. The number of nitrogens with one attached hydrogen (secondary N) is 1. The number of anilines is 1. The SMILES string of the molecule is CCN1CCC(CNc2nc3c([N+](=O)[O-])cccc3o2)C1. The number of non-ortho nitro benzene ring substituents is 1. The van der Waals surface area contributed by atoms with Crippen LogP contribution in [0.2, 0.25) is 0 Å². The summed E-state index contributed by atoms with van der Waals surface area (Å²) in [6, 6.07) is 5.08. The Balaban J connectivity index is 1.70. The van der Waals surface area contributed by atoms with E-state index in [-0.39, 0.29) is 5.69 Å². The van der Waals surface area contributed by atoms with Crippen LogP contribution in [0, 0.1) is 16.0 Å². The second-order valence-electron chi connectivity index (χ2n) is 5.33. The number of nitro benzene ring substituents is 1. The molecule has 1 unspecified atom stereocenters.